The molecule has 1 aliphatic rings. The van der Waals surface area contributed by atoms with Gasteiger partial charge < -0.3 is 0 Å². The Bertz CT molecular complexity index is 390. The van der Waals surface area contributed by atoms with Crippen molar-refractivity contribution in [3.05, 3.63) is 34.9 Å². The van der Waals surface area contributed by atoms with Crippen LogP contribution in [0.5, 0.6) is 0 Å². The van der Waals surface area contributed by atoms with Crippen LogP contribution < -0.4 is 0 Å². The highest BCUT2D eigenvalue weighted by atomic mass is 79.9. The van der Waals surface area contributed by atoms with E-state index < -0.39 is 0 Å². The molecule has 2 rings (SSSR count). The third-order valence-electron chi connectivity index (χ3n) is 4.47. The summed E-state index contributed by atoms with van der Waals surface area (Å²) in [4.78, 5) is 0.724. The molecule has 1 fully saturated rings. The average Bonchev–Trinajstić information content (AvgIpc) is 2.32. The first-order valence-corrected chi connectivity index (χ1v) is 8.71. The Morgan fingerprint density at radius 2 is 1.79 bits per heavy atom. The van der Waals surface area contributed by atoms with Gasteiger partial charge in [-0.1, -0.05) is 65.0 Å². The van der Waals surface area contributed by atoms with Crippen LogP contribution in [0.4, 0.5) is 0 Å². The molecule has 3 unspecified atom stereocenters. The Labute approximate surface area is 127 Å². The molecule has 0 amide bonds. The topological polar surface area (TPSA) is 0 Å². The Morgan fingerprint density at radius 1 is 1.11 bits per heavy atom. The van der Waals surface area contributed by atoms with Crippen molar-refractivity contribution in [1.29, 1.82) is 0 Å². The summed E-state index contributed by atoms with van der Waals surface area (Å²) in [7, 11) is 0. The highest BCUT2D eigenvalue weighted by Crippen LogP contribution is 2.37. The fourth-order valence-electron chi connectivity index (χ4n) is 3.70. The minimum atomic E-state index is 0.724. The van der Waals surface area contributed by atoms with Crippen molar-refractivity contribution < 1.29 is 0 Å². The van der Waals surface area contributed by atoms with E-state index >= 15 is 0 Å². The fourth-order valence-corrected chi connectivity index (χ4v) is 4.36. The van der Waals surface area contributed by atoms with Gasteiger partial charge in [-0.2, -0.15) is 0 Å². The molecule has 0 aromatic heterocycles. The summed E-state index contributed by atoms with van der Waals surface area (Å²) in [6.45, 7) is 6.74. The first-order chi connectivity index (χ1) is 9.08. The average molecular weight is 323 g/mol. The molecule has 1 aromatic carbocycles. The minimum Gasteiger partial charge on any atom is -0.0888 e. The third kappa shape index (κ3) is 4.34. The van der Waals surface area contributed by atoms with E-state index in [2.05, 4.69) is 54.9 Å². The van der Waals surface area contributed by atoms with E-state index in [1.807, 2.05) is 0 Å². The van der Waals surface area contributed by atoms with E-state index in [0.717, 1.165) is 16.7 Å². The molecule has 0 heterocycles. The van der Waals surface area contributed by atoms with Crippen LogP contribution in [0, 0.1) is 25.7 Å². The smallest absolute Gasteiger partial charge is 0.0177 e. The molecule has 106 valence electrons. The van der Waals surface area contributed by atoms with Crippen LogP contribution in [0.1, 0.15) is 55.7 Å². The quantitative estimate of drug-likeness (QED) is 0.612. The van der Waals surface area contributed by atoms with Crippen LogP contribution in [0.15, 0.2) is 18.2 Å². The monoisotopic (exact) mass is 322 g/mol. The Balaban J connectivity index is 2.03. The van der Waals surface area contributed by atoms with Crippen LogP contribution in [-0.2, 0) is 6.42 Å². The van der Waals surface area contributed by atoms with Crippen molar-refractivity contribution in [1.82, 2.24) is 0 Å². The maximum absolute atomic E-state index is 3.93. The number of benzene rings is 1. The summed E-state index contributed by atoms with van der Waals surface area (Å²) in [5.74, 6) is 1.79. The number of halogens is 1. The summed E-state index contributed by atoms with van der Waals surface area (Å²) >= 11 is 3.93. The molecule has 0 radical (unpaired) electrons. The highest BCUT2D eigenvalue weighted by Gasteiger charge is 2.28. The molecular weight excluding hydrogens is 296 g/mol. The van der Waals surface area contributed by atoms with Gasteiger partial charge in [-0.05, 0) is 56.9 Å². The van der Waals surface area contributed by atoms with Crippen LogP contribution in [0.3, 0.4) is 0 Å². The molecule has 1 saturated carbocycles. The van der Waals surface area contributed by atoms with Crippen molar-refractivity contribution in [2.24, 2.45) is 11.8 Å². The second-order valence-electron chi connectivity index (χ2n) is 6.44. The van der Waals surface area contributed by atoms with Gasteiger partial charge in [-0.15, -0.1) is 0 Å². The van der Waals surface area contributed by atoms with Crippen LogP contribution in [-0.4, -0.2) is 4.83 Å². The minimum absolute atomic E-state index is 0.724. The van der Waals surface area contributed by atoms with Gasteiger partial charge in [0.1, 0.15) is 0 Å². The number of hydrogen-bond acceptors (Lipinski definition) is 0. The molecule has 1 aromatic rings. The van der Waals surface area contributed by atoms with Gasteiger partial charge in [-0.3, -0.25) is 0 Å². The zero-order chi connectivity index (χ0) is 13.8. The lowest BCUT2D eigenvalue weighted by Crippen LogP contribution is -2.26. The van der Waals surface area contributed by atoms with Gasteiger partial charge in [-0.25, -0.2) is 0 Å². The first kappa shape index (κ1) is 15.1. The summed E-state index contributed by atoms with van der Waals surface area (Å²) in [6.07, 6.45) is 8.21. The maximum atomic E-state index is 3.93. The van der Waals surface area contributed by atoms with E-state index in [4.69, 9.17) is 0 Å². The normalized spacial score (nSPS) is 27.5. The standard InChI is InChI=1S/C18H27Br/c1-4-5-15-6-7-18(19)17(11-15)12-16-9-13(2)8-14(3)10-16/h8-10,15,17-18H,4-7,11-12H2,1-3H3. The van der Waals surface area contributed by atoms with Crippen molar-refractivity contribution in [2.45, 2.75) is 64.1 Å². The van der Waals surface area contributed by atoms with Crippen molar-refractivity contribution in [3.63, 3.8) is 0 Å². The second kappa shape index (κ2) is 6.92. The number of hydrogen-bond donors (Lipinski definition) is 0. The van der Waals surface area contributed by atoms with Gasteiger partial charge in [0.15, 0.2) is 0 Å². The molecule has 19 heavy (non-hydrogen) atoms. The second-order valence-corrected chi connectivity index (χ2v) is 7.62. The van der Waals surface area contributed by atoms with E-state index in [9.17, 15) is 0 Å². The van der Waals surface area contributed by atoms with Gasteiger partial charge >= 0.3 is 0 Å². The van der Waals surface area contributed by atoms with Gasteiger partial charge in [0, 0.05) is 4.83 Å². The largest absolute Gasteiger partial charge is 0.0888 e. The lowest BCUT2D eigenvalue weighted by atomic mass is 9.77. The number of rotatable bonds is 4. The fraction of sp³-hybridized carbons (Fsp3) is 0.667. The molecule has 1 heteroatoms. The maximum Gasteiger partial charge on any atom is 0.0177 e. The van der Waals surface area contributed by atoms with E-state index in [1.165, 1.54) is 55.2 Å². The first-order valence-electron chi connectivity index (χ1n) is 7.79. The molecule has 1 aliphatic carbocycles. The van der Waals surface area contributed by atoms with E-state index in [-0.39, 0.29) is 0 Å². The van der Waals surface area contributed by atoms with Crippen molar-refractivity contribution in [2.75, 3.05) is 0 Å². The van der Waals surface area contributed by atoms with Crippen LogP contribution in [0.25, 0.3) is 0 Å². The van der Waals surface area contributed by atoms with Crippen LogP contribution in [0.2, 0.25) is 0 Å². The predicted molar refractivity (Wildman–Crippen MR) is 88.1 cm³/mol. The Morgan fingerprint density at radius 3 is 2.42 bits per heavy atom. The molecule has 0 N–H and O–H groups in total. The lowest BCUT2D eigenvalue weighted by molar-refractivity contribution is 0.263. The van der Waals surface area contributed by atoms with Crippen molar-refractivity contribution >= 4 is 15.9 Å². The zero-order valence-corrected chi connectivity index (χ0v) is 14.2. The van der Waals surface area contributed by atoms with Crippen LogP contribution >= 0.6 is 15.9 Å². The van der Waals surface area contributed by atoms with E-state index in [1.54, 1.807) is 0 Å². The van der Waals surface area contributed by atoms with Gasteiger partial charge in [0.2, 0.25) is 0 Å². The third-order valence-corrected chi connectivity index (χ3v) is 5.68. The number of alkyl halides is 1. The van der Waals surface area contributed by atoms with Gasteiger partial charge in [0.25, 0.3) is 0 Å². The Hall–Kier alpha value is -0.300. The summed E-state index contributed by atoms with van der Waals surface area (Å²) in [5, 5.41) is 0. The molecule has 0 bridgehead atoms. The van der Waals surface area contributed by atoms with Crippen molar-refractivity contribution in [3.8, 4) is 0 Å². The highest BCUT2D eigenvalue weighted by molar-refractivity contribution is 9.09. The molecule has 3 atom stereocenters. The molecule has 0 aliphatic heterocycles. The molecule has 0 nitrogen and oxygen atoms in total. The summed E-state index contributed by atoms with van der Waals surface area (Å²) in [6, 6.07) is 7.02. The zero-order valence-electron chi connectivity index (χ0n) is 12.6. The molecule has 0 saturated heterocycles. The Kier molecular flexibility index (Phi) is 5.50. The molecular formula is C18H27Br. The van der Waals surface area contributed by atoms with E-state index in [0.29, 0.717) is 0 Å². The summed E-state index contributed by atoms with van der Waals surface area (Å²) in [5.41, 5.74) is 4.34. The summed E-state index contributed by atoms with van der Waals surface area (Å²) < 4.78 is 0. The van der Waals surface area contributed by atoms with Gasteiger partial charge in [0.05, 0.1) is 0 Å². The number of aryl methyl sites for hydroxylation is 2. The molecule has 0 spiro atoms. The lowest BCUT2D eigenvalue weighted by Gasteiger charge is -2.33. The SMILES string of the molecule is CCCC1CCC(Br)C(Cc2cc(C)cc(C)c2)C1. The predicted octanol–water partition coefficient (Wildman–Crippen LogP) is 5.83.